The zero-order valence-corrected chi connectivity index (χ0v) is 17.8. The summed E-state index contributed by atoms with van der Waals surface area (Å²) in [6.45, 7) is 1.34. The molecule has 0 spiro atoms. The molecule has 160 valence electrons. The van der Waals surface area contributed by atoms with Crippen LogP contribution < -0.4 is 10.1 Å². The van der Waals surface area contributed by atoms with Crippen LogP contribution in [0.3, 0.4) is 0 Å². The number of urea groups is 1. The number of hydrogen-bond donors (Lipinski definition) is 1. The second kappa shape index (κ2) is 7.34. The van der Waals surface area contributed by atoms with E-state index in [2.05, 4.69) is 11.4 Å². The third kappa shape index (κ3) is 3.07. The van der Waals surface area contributed by atoms with Crippen molar-refractivity contribution in [3.63, 3.8) is 0 Å². The Bertz CT molecular complexity index is 1270. The molecule has 1 heterocycles. The van der Waals surface area contributed by atoms with E-state index in [1.807, 2.05) is 30.3 Å². The molecule has 0 radical (unpaired) electrons. The molecule has 1 aliphatic heterocycles. The molecule has 6 heteroatoms. The lowest BCUT2D eigenvalue weighted by molar-refractivity contribution is -0.130. The van der Waals surface area contributed by atoms with E-state index < -0.39 is 17.5 Å². The normalized spacial score (nSPS) is 18.9. The van der Waals surface area contributed by atoms with Crippen LogP contribution in [0.25, 0.3) is 11.1 Å². The highest BCUT2D eigenvalue weighted by atomic mass is 16.5. The fraction of sp³-hybridized carbons (Fsp3) is 0.192. The van der Waals surface area contributed by atoms with Gasteiger partial charge < -0.3 is 10.1 Å². The summed E-state index contributed by atoms with van der Waals surface area (Å²) in [6.07, 6.45) is 0.840. The fourth-order valence-electron chi connectivity index (χ4n) is 4.49. The summed E-state index contributed by atoms with van der Waals surface area (Å²) >= 11 is 0. The van der Waals surface area contributed by atoms with Crippen molar-refractivity contribution in [2.24, 2.45) is 0 Å². The Morgan fingerprint density at radius 2 is 1.72 bits per heavy atom. The number of fused-ring (bicyclic) bond motifs is 3. The highest BCUT2D eigenvalue weighted by molar-refractivity contribution is 6.11. The number of nitrogens with one attached hydrogen (secondary N) is 1. The molecule has 0 saturated carbocycles. The summed E-state index contributed by atoms with van der Waals surface area (Å²) in [5.74, 6) is -0.0773. The monoisotopic (exact) mass is 426 g/mol. The van der Waals surface area contributed by atoms with Gasteiger partial charge in [0.1, 0.15) is 11.3 Å². The van der Waals surface area contributed by atoms with Crippen LogP contribution in [0.15, 0.2) is 66.7 Å². The number of amides is 3. The van der Waals surface area contributed by atoms with Crippen molar-refractivity contribution in [2.75, 3.05) is 13.7 Å². The van der Waals surface area contributed by atoms with Gasteiger partial charge in [0.25, 0.3) is 5.91 Å². The molecule has 1 unspecified atom stereocenters. The van der Waals surface area contributed by atoms with E-state index in [4.69, 9.17) is 4.74 Å². The summed E-state index contributed by atoms with van der Waals surface area (Å²) in [5.41, 5.74) is 4.44. The van der Waals surface area contributed by atoms with Crippen LogP contribution in [0, 0.1) is 0 Å². The van der Waals surface area contributed by atoms with Crippen molar-refractivity contribution in [2.45, 2.75) is 18.9 Å². The number of rotatable bonds is 5. The second-order valence-electron chi connectivity index (χ2n) is 8.30. The van der Waals surface area contributed by atoms with Crippen molar-refractivity contribution in [3.05, 3.63) is 89.0 Å². The minimum atomic E-state index is -1.24. The van der Waals surface area contributed by atoms with E-state index in [1.54, 1.807) is 44.4 Å². The highest BCUT2D eigenvalue weighted by Crippen LogP contribution is 2.37. The predicted octanol–water partition coefficient (Wildman–Crippen LogP) is 3.92. The molecule has 32 heavy (non-hydrogen) atoms. The Morgan fingerprint density at radius 1 is 1.00 bits per heavy atom. The van der Waals surface area contributed by atoms with Gasteiger partial charge in [-0.15, -0.1) is 0 Å². The lowest BCUT2D eigenvalue weighted by atomic mass is 9.92. The smallest absolute Gasteiger partial charge is 0.325 e. The number of ketones is 1. The molecule has 6 nitrogen and oxygen atoms in total. The molecule has 2 aliphatic rings. The number of carbonyl (C=O) groups is 3. The molecule has 1 N–H and O–H groups in total. The van der Waals surface area contributed by atoms with Crippen LogP contribution in [0.2, 0.25) is 0 Å². The molecule has 1 saturated heterocycles. The van der Waals surface area contributed by atoms with Gasteiger partial charge >= 0.3 is 6.03 Å². The van der Waals surface area contributed by atoms with Gasteiger partial charge in [0.2, 0.25) is 0 Å². The quantitative estimate of drug-likeness (QED) is 0.388. The van der Waals surface area contributed by atoms with Crippen molar-refractivity contribution in [1.82, 2.24) is 10.2 Å². The SMILES string of the molecule is COc1ccc(C2(C)NC(=O)N(CC(=O)c3ccc4c(c3)-c3ccccc3C4)C2=O)cc1. The van der Waals surface area contributed by atoms with E-state index in [1.165, 1.54) is 11.1 Å². The highest BCUT2D eigenvalue weighted by Gasteiger charge is 2.49. The summed E-state index contributed by atoms with van der Waals surface area (Å²) < 4.78 is 5.16. The van der Waals surface area contributed by atoms with Crippen molar-refractivity contribution in [1.29, 1.82) is 0 Å². The van der Waals surface area contributed by atoms with Gasteiger partial charge in [-0.25, -0.2) is 4.79 Å². The first-order chi connectivity index (χ1) is 15.4. The van der Waals surface area contributed by atoms with E-state index in [0.717, 1.165) is 22.4 Å². The van der Waals surface area contributed by atoms with E-state index in [-0.39, 0.29) is 12.3 Å². The minimum absolute atomic E-state index is 0.278. The molecule has 1 atom stereocenters. The molecule has 1 aliphatic carbocycles. The number of ether oxygens (including phenoxy) is 1. The molecular weight excluding hydrogens is 404 g/mol. The molecule has 5 rings (SSSR count). The van der Waals surface area contributed by atoms with Crippen molar-refractivity contribution < 1.29 is 19.1 Å². The third-order valence-electron chi connectivity index (χ3n) is 6.36. The standard InChI is InChI=1S/C26H22N2O4/c1-26(19-9-11-20(32-2)12-10-19)24(30)28(25(31)27-26)15-23(29)18-8-7-17-13-16-5-3-4-6-21(16)22(17)14-18/h3-12,14H,13,15H2,1-2H3,(H,27,31). The van der Waals surface area contributed by atoms with Crippen LogP contribution in [0.4, 0.5) is 4.79 Å². The second-order valence-corrected chi connectivity index (χ2v) is 8.30. The summed E-state index contributed by atoms with van der Waals surface area (Å²) in [5, 5.41) is 2.74. The Morgan fingerprint density at radius 3 is 2.47 bits per heavy atom. The Hall–Kier alpha value is -3.93. The molecule has 0 aromatic heterocycles. The first kappa shape index (κ1) is 20.0. The average Bonchev–Trinajstić information content (AvgIpc) is 3.29. The topological polar surface area (TPSA) is 75.7 Å². The van der Waals surface area contributed by atoms with E-state index in [0.29, 0.717) is 16.9 Å². The minimum Gasteiger partial charge on any atom is -0.497 e. The number of methoxy groups -OCH3 is 1. The van der Waals surface area contributed by atoms with Gasteiger partial charge in [0.15, 0.2) is 5.78 Å². The first-order valence-electron chi connectivity index (χ1n) is 10.4. The van der Waals surface area contributed by atoms with E-state index in [9.17, 15) is 14.4 Å². The number of benzene rings is 3. The lowest BCUT2D eigenvalue weighted by Crippen LogP contribution is -2.41. The number of Topliss-reactive ketones (excluding diaryl/α,β-unsaturated/α-hetero) is 1. The van der Waals surface area contributed by atoms with Gasteiger partial charge in [0.05, 0.1) is 13.7 Å². The van der Waals surface area contributed by atoms with Crippen molar-refractivity contribution in [3.8, 4) is 16.9 Å². The summed E-state index contributed by atoms with van der Waals surface area (Å²) in [7, 11) is 1.56. The molecule has 0 bridgehead atoms. The number of imide groups is 1. The van der Waals surface area contributed by atoms with Gasteiger partial charge in [-0.2, -0.15) is 0 Å². The Balaban J connectivity index is 1.38. The number of carbonyl (C=O) groups excluding carboxylic acids is 3. The van der Waals surface area contributed by atoms with Crippen molar-refractivity contribution >= 4 is 17.7 Å². The lowest BCUT2D eigenvalue weighted by Gasteiger charge is -2.22. The molecule has 3 aromatic carbocycles. The average molecular weight is 426 g/mol. The Labute approximate surface area is 185 Å². The maximum Gasteiger partial charge on any atom is 0.325 e. The van der Waals surface area contributed by atoms with Crippen LogP contribution in [0.1, 0.15) is 34.0 Å². The fourth-order valence-corrected chi connectivity index (χ4v) is 4.49. The van der Waals surface area contributed by atoms with Crippen LogP contribution in [-0.4, -0.2) is 36.3 Å². The maximum atomic E-state index is 13.2. The van der Waals surface area contributed by atoms with Crippen LogP contribution in [-0.2, 0) is 16.8 Å². The first-order valence-corrected chi connectivity index (χ1v) is 10.4. The zero-order chi connectivity index (χ0) is 22.5. The largest absolute Gasteiger partial charge is 0.497 e. The Kier molecular flexibility index (Phi) is 4.59. The number of hydrogen-bond acceptors (Lipinski definition) is 4. The summed E-state index contributed by atoms with van der Waals surface area (Å²) in [4.78, 5) is 39.8. The molecule has 3 aromatic rings. The molecule has 3 amide bonds. The molecular formula is C26H22N2O4. The van der Waals surface area contributed by atoms with Gasteiger partial charge in [0, 0.05) is 5.56 Å². The third-order valence-corrected chi connectivity index (χ3v) is 6.36. The molecule has 1 fully saturated rings. The van der Waals surface area contributed by atoms with E-state index >= 15 is 0 Å². The summed E-state index contributed by atoms with van der Waals surface area (Å²) in [6, 6.07) is 20.1. The van der Waals surface area contributed by atoms with Gasteiger partial charge in [-0.3, -0.25) is 14.5 Å². The zero-order valence-electron chi connectivity index (χ0n) is 17.8. The number of nitrogens with zero attached hydrogens (tertiary/aromatic N) is 1. The van der Waals surface area contributed by atoms with Crippen LogP contribution in [0.5, 0.6) is 5.75 Å². The van der Waals surface area contributed by atoms with Crippen LogP contribution >= 0.6 is 0 Å². The maximum absolute atomic E-state index is 13.2. The van der Waals surface area contributed by atoms with Gasteiger partial charge in [-0.05, 0) is 59.4 Å². The predicted molar refractivity (Wildman–Crippen MR) is 120 cm³/mol. The van der Waals surface area contributed by atoms with Gasteiger partial charge in [-0.1, -0.05) is 48.5 Å².